The van der Waals surface area contributed by atoms with Gasteiger partial charge in [-0.3, -0.25) is 4.79 Å². The summed E-state index contributed by atoms with van der Waals surface area (Å²) in [6, 6.07) is 2.41. The van der Waals surface area contributed by atoms with Crippen LogP contribution in [0.2, 0.25) is 0 Å². The van der Waals surface area contributed by atoms with Gasteiger partial charge in [0.25, 0.3) is 5.56 Å². The standard InChI is InChI=1S/C18H18FN5O4/c1-2-28-18(26)13-9-21-24-4-3-15(22-16(13)24)23-5-6-27-10-14(23)12-7-11(19)8-20-17(12)25/h3-4,7-9,14H,2,5-6,10H2,1H3,(H,20,25). The van der Waals surface area contributed by atoms with Crippen molar-refractivity contribution in [2.45, 2.75) is 13.0 Å². The van der Waals surface area contributed by atoms with Crippen molar-refractivity contribution in [1.29, 1.82) is 0 Å². The number of ether oxygens (including phenoxy) is 2. The van der Waals surface area contributed by atoms with Crippen LogP contribution >= 0.6 is 0 Å². The van der Waals surface area contributed by atoms with Gasteiger partial charge >= 0.3 is 5.97 Å². The number of esters is 1. The van der Waals surface area contributed by atoms with Crippen molar-refractivity contribution < 1.29 is 18.7 Å². The molecule has 0 aliphatic carbocycles. The molecule has 146 valence electrons. The van der Waals surface area contributed by atoms with Gasteiger partial charge in [0.2, 0.25) is 0 Å². The van der Waals surface area contributed by atoms with Crippen LogP contribution < -0.4 is 10.5 Å². The largest absolute Gasteiger partial charge is 0.462 e. The van der Waals surface area contributed by atoms with Crippen molar-refractivity contribution in [2.24, 2.45) is 0 Å². The highest BCUT2D eigenvalue weighted by Crippen LogP contribution is 2.28. The summed E-state index contributed by atoms with van der Waals surface area (Å²) in [5.74, 6) is -0.526. The molecule has 1 N–H and O–H groups in total. The van der Waals surface area contributed by atoms with E-state index in [2.05, 4.69) is 15.1 Å². The van der Waals surface area contributed by atoms with Gasteiger partial charge in [0.05, 0.1) is 32.1 Å². The molecule has 3 aromatic heterocycles. The Balaban J connectivity index is 1.76. The molecule has 1 fully saturated rings. The average Bonchev–Trinajstić information content (AvgIpc) is 3.13. The van der Waals surface area contributed by atoms with Crippen LogP contribution in [0.1, 0.15) is 28.9 Å². The lowest BCUT2D eigenvalue weighted by molar-refractivity contribution is 0.0528. The number of rotatable bonds is 4. The maximum atomic E-state index is 13.7. The smallest absolute Gasteiger partial charge is 0.343 e. The average molecular weight is 387 g/mol. The Bertz CT molecular complexity index is 1080. The summed E-state index contributed by atoms with van der Waals surface area (Å²) in [7, 11) is 0. The number of nitrogens with zero attached hydrogens (tertiary/aromatic N) is 4. The van der Waals surface area contributed by atoms with Crippen LogP contribution in [0.3, 0.4) is 0 Å². The third kappa shape index (κ3) is 3.22. The van der Waals surface area contributed by atoms with Gasteiger partial charge in [-0.25, -0.2) is 18.7 Å². The second-order valence-corrected chi connectivity index (χ2v) is 6.22. The number of morpholine rings is 1. The van der Waals surface area contributed by atoms with Crippen LogP contribution in [-0.4, -0.2) is 51.9 Å². The lowest BCUT2D eigenvalue weighted by atomic mass is 10.1. The van der Waals surface area contributed by atoms with Gasteiger partial charge in [-0.15, -0.1) is 0 Å². The normalized spacial score (nSPS) is 17.1. The van der Waals surface area contributed by atoms with E-state index in [-0.39, 0.29) is 29.9 Å². The van der Waals surface area contributed by atoms with Crippen molar-refractivity contribution in [2.75, 3.05) is 31.3 Å². The molecule has 0 saturated carbocycles. The molecule has 9 nitrogen and oxygen atoms in total. The third-order valence-corrected chi connectivity index (χ3v) is 4.53. The fourth-order valence-electron chi connectivity index (χ4n) is 3.23. The Morgan fingerprint density at radius 1 is 1.50 bits per heavy atom. The van der Waals surface area contributed by atoms with E-state index >= 15 is 0 Å². The second-order valence-electron chi connectivity index (χ2n) is 6.22. The molecule has 1 unspecified atom stereocenters. The molecule has 4 heterocycles. The first-order valence-electron chi connectivity index (χ1n) is 8.82. The Labute approximate surface area is 158 Å². The molecule has 0 amide bonds. The molecule has 1 atom stereocenters. The number of halogens is 1. The summed E-state index contributed by atoms with van der Waals surface area (Å²) < 4.78 is 25.7. The topological polar surface area (TPSA) is 102 Å². The summed E-state index contributed by atoms with van der Waals surface area (Å²) >= 11 is 0. The van der Waals surface area contributed by atoms with Crippen LogP contribution in [0.4, 0.5) is 10.2 Å². The Morgan fingerprint density at radius 3 is 3.18 bits per heavy atom. The fourth-order valence-corrected chi connectivity index (χ4v) is 3.23. The highest BCUT2D eigenvalue weighted by Gasteiger charge is 2.29. The molecule has 4 rings (SSSR count). The molecular formula is C18H18FN5O4. The van der Waals surface area contributed by atoms with Crippen molar-refractivity contribution in [3.63, 3.8) is 0 Å². The molecule has 0 spiro atoms. The number of fused-ring (bicyclic) bond motifs is 1. The highest BCUT2D eigenvalue weighted by atomic mass is 19.1. The maximum absolute atomic E-state index is 13.7. The minimum Gasteiger partial charge on any atom is -0.462 e. The molecule has 10 heteroatoms. The van der Waals surface area contributed by atoms with Crippen molar-refractivity contribution in [3.8, 4) is 0 Å². The zero-order chi connectivity index (χ0) is 19.7. The zero-order valence-electron chi connectivity index (χ0n) is 15.1. The SMILES string of the molecule is CCOC(=O)c1cnn2ccc(N3CCOCC3c3cc(F)c[nH]c3=O)nc12. The van der Waals surface area contributed by atoms with Gasteiger partial charge in [-0.1, -0.05) is 0 Å². The Kier molecular flexibility index (Phi) is 4.78. The predicted molar refractivity (Wildman–Crippen MR) is 96.9 cm³/mol. The van der Waals surface area contributed by atoms with Crippen molar-refractivity contribution in [3.05, 3.63) is 58.0 Å². The van der Waals surface area contributed by atoms with E-state index in [0.717, 1.165) is 6.20 Å². The van der Waals surface area contributed by atoms with Gasteiger partial charge in [-0.2, -0.15) is 5.10 Å². The molecule has 1 saturated heterocycles. The van der Waals surface area contributed by atoms with E-state index in [1.807, 2.05) is 4.90 Å². The minimum atomic E-state index is -0.538. The number of carbonyl (C=O) groups is 1. The van der Waals surface area contributed by atoms with Crippen molar-refractivity contribution in [1.82, 2.24) is 19.6 Å². The summed E-state index contributed by atoms with van der Waals surface area (Å²) in [5.41, 5.74) is 0.450. The quantitative estimate of drug-likeness (QED) is 0.674. The van der Waals surface area contributed by atoms with Crippen LogP contribution in [-0.2, 0) is 9.47 Å². The number of hydrogen-bond donors (Lipinski definition) is 1. The van der Waals surface area contributed by atoms with Crippen LogP contribution in [0, 0.1) is 5.82 Å². The lowest BCUT2D eigenvalue weighted by Crippen LogP contribution is -2.42. The molecule has 1 aliphatic heterocycles. The first kappa shape index (κ1) is 18.1. The number of carbonyl (C=O) groups excluding carboxylic acids is 1. The maximum Gasteiger partial charge on any atom is 0.343 e. The summed E-state index contributed by atoms with van der Waals surface area (Å²) in [6.07, 6.45) is 4.09. The highest BCUT2D eigenvalue weighted by molar-refractivity contribution is 5.95. The summed E-state index contributed by atoms with van der Waals surface area (Å²) in [6.45, 7) is 3.05. The molecule has 0 radical (unpaired) electrons. The predicted octanol–water partition coefficient (Wildman–Crippen LogP) is 1.31. The number of aromatic amines is 1. The van der Waals surface area contributed by atoms with E-state index in [4.69, 9.17) is 9.47 Å². The lowest BCUT2D eigenvalue weighted by Gasteiger charge is -2.36. The van der Waals surface area contributed by atoms with Crippen LogP contribution in [0.15, 0.2) is 35.5 Å². The number of H-pyrrole nitrogens is 1. The van der Waals surface area contributed by atoms with Crippen LogP contribution in [0.5, 0.6) is 0 Å². The molecular weight excluding hydrogens is 369 g/mol. The summed E-state index contributed by atoms with van der Waals surface area (Å²) in [4.78, 5) is 33.2. The first-order valence-corrected chi connectivity index (χ1v) is 8.82. The van der Waals surface area contributed by atoms with Gasteiger partial charge in [0, 0.05) is 24.5 Å². The molecule has 1 aliphatic rings. The number of hydrogen-bond acceptors (Lipinski definition) is 7. The molecule has 3 aromatic rings. The van der Waals surface area contributed by atoms with E-state index in [1.165, 1.54) is 16.8 Å². The van der Waals surface area contributed by atoms with Gasteiger partial charge in [0.1, 0.15) is 17.2 Å². The third-order valence-electron chi connectivity index (χ3n) is 4.53. The number of anilines is 1. The van der Waals surface area contributed by atoms with E-state index < -0.39 is 17.8 Å². The molecule has 0 aromatic carbocycles. The summed E-state index contributed by atoms with van der Waals surface area (Å²) in [5, 5.41) is 4.12. The zero-order valence-corrected chi connectivity index (χ0v) is 15.1. The van der Waals surface area contributed by atoms with Gasteiger partial charge in [-0.05, 0) is 19.1 Å². The Morgan fingerprint density at radius 2 is 2.36 bits per heavy atom. The van der Waals surface area contributed by atoms with Crippen molar-refractivity contribution >= 4 is 17.4 Å². The first-order chi connectivity index (χ1) is 13.6. The number of aromatic nitrogens is 4. The number of nitrogens with one attached hydrogen (secondary N) is 1. The van der Waals surface area contributed by atoms with E-state index in [0.29, 0.717) is 24.6 Å². The van der Waals surface area contributed by atoms with Crippen LogP contribution in [0.25, 0.3) is 5.65 Å². The molecule has 0 bridgehead atoms. The molecule has 28 heavy (non-hydrogen) atoms. The Hall–Kier alpha value is -3.27. The van der Waals surface area contributed by atoms with Gasteiger partial charge < -0.3 is 19.4 Å². The fraction of sp³-hybridized carbons (Fsp3) is 0.333. The second kappa shape index (κ2) is 7.39. The number of pyridine rings is 1. The van der Waals surface area contributed by atoms with E-state index in [9.17, 15) is 14.0 Å². The monoisotopic (exact) mass is 387 g/mol. The van der Waals surface area contributed by atoms with Gasteiger partial charge in [0.15, 0.2) is 5.65 Å². The van der Waals surface area contributed by atoms with E-state index in [1.54, 1.807) is 19.2 Å². The minimum absolute atomic E-state index is 0.212.